The third-order valence-corrected chi connectivity index (χ3v) is 4.45. The van der Waals surface area contributed by atoms with Crippen LogP contribution in [0.2, 0.25) is 0 Å². The summed E-state index contributed by atoms with van der Waals surface area (Å²) in [5, 5.41) is 0. The van der Waals surface area contributed by atoms with Crippen LogP contribution in [0.5, 0.6) is 0 Å². The van der Waals surface area contributed by atoms with E-state index in [0.717, 1.165) is 30.5 Å². The number of rotatable bonds is 4. The van der Waals surface area contributed by atoms with Gasteiger partial charge in [-0.15, -0.1) is 0 Å². The van der Waals surface area contributed by atoms with Crippen molar-refractivity contribution >= 4 is 0 Å². The van der Waals surface area contributed by atoms with E-state index >= 15 is 0 Å². The number of nitrogens with zero attached hydrogens (tertiary/aromatic N) is 1. The van der Waals surface area contributed by atoms with Crippen LogP contribution in [0, 0.1) is 0 Å². The Morgan fingerprint density at radius 2 is 1.81 bits per heavy atom. The van der Waals surface area contributed by atoms with Crippen molar-refractivity contribution in [2.24, 2.45) is 0 Å². The van der Waals surface area contributed by atoms with Crippen LogP contribution in [-0.2, 0) is 9.47 Å². The second-order valence-corrected chi connectivity index (χ2v) is 5.60. The summed E-state index contributed by atoms with van der Waals surface area (Å²) in [6, 6.07) is 0. The first-order valence-corrected chi connectivity index (χ1v) is 6.77. The summed E-state index contributed by atoms with van der Waals surface area (Å²) >= 11 is 0. The Balaban J connectivity index is 1.89. The number of hydrogen-bond acceptors (Lipinski definition) is 2. The molecule has 1 saturated carbocycles. The lowest BCUT2D eigenvalue weighted by Gasteiger charge is -2.34. The number of quaternary nitrogens is 1. The molecule has 2 rings (SSSR count). The molecule has 3 heteroatoms. The first kappa shape index (κ1) is 12.3. The maximum Gasteiger partial charge on any atom is 0.169 e. The van der Waals surface area contributed by atoms with Gasteiger partial charge in [-0.1, -0.05) is 0 Å². The molecule has 1 unspecified atom stereocenters. The van der Waals surface area contributed by atoms with Gasteiger partial charge >= 0.3 is 0 Å². The Bertz CT molecular complexity index is 232. The molecule has 1 spiro atoms. The van der Waals surface area contributed by atoms with Crippen LogP contribution in [0.3, 0.4) is 0 Å². The van der Waals surface area contributed by atoms with Crippen molar-refractivity contribution in [2.75, 3.05) is 33.3 Å². The van der Waals surface area contributed by atoms with Crippen LogP contribution in [0.25, 0.3) is 0 Å². The minimum Gasteiger partial charge on any atom is -0.347 e. The third-order valence-electron chi connectivity index (χ3n) is 4.45. The highest BCUT2D eigenvalue weighted by Crippen LogP contribution is 2.39. The SMILES string of the molecule is CC[N+](C)(CC)CC1COC2(CCCC2)O1. The van der Waals surface area contributed by atoms with Crippen LogP contribution in [-0.4, -0.2) is 49.7 Å². The Morgan fingerprint density at radius 1 is 1.19 bits per heavy atom. The van der Waals surface area contributed by atoms with Crippen LogP contribution in [0.4, 0.5) is 0 Å². The van der Waals surface area contributed by atoms with Gasteiger partial charge in [-0.05, 0) is 26.7 Å². The Kier molecular flexibility index (Phi) is 3.57. The lowest BCUT2D eigenvalue weighted by atomic mass is 10.2. The maximum atomic E-state index is 6.17. The molecule has 2 aliphatic rings. The lowest BCUT2D eigenvalue weighted by molar-refractivity contribution is -0.908. The van der Waals surface area contributed by atoms with Gasteiger partial charge in [-0.3, -0.25) is 0 Å². The van der Waals surface area contributed by atoms with E-state index in [2.05, 4.69) is 20.9 Å². The fraction of sp³-hybridized carbons (Fsp3) is 1.00. The molecule has 0 amide bonds. The zero-order valence-corrected chi connectivity index (χ0v) is 11.0. The molecule has 2 fully saturated rings. The van der Waals surface area contributed by atoms with Gasteiger partial charge in [0.25, 0.3) is 0 Å². The molecule has 94 valence electrons. The predicted molar refractivity (Wildman–Crippen MR) is 64.2 cm³/mol. The molecule has 0 aromatic heterocycles. The first-order chi connectivity index (χ1) is 7.61. The molecule has 16 heavy (non-hydrogen) atoms. The molecule has 0 radical (unpaired) electrons. The van der Waals surface area contributed by atoms with Crippen LogP contribution in [0.15, 0.2) is 0 Å². The van der Waals surface area contributed by atoms with Gasteiger partial charge in [-0.25, -0.2) is 0 Å². The fourth-order valence-electron chi connectivity index (χ4n) is 2.86. The Hall–Kier alpha value is -0.120. The van der Waals surface area contributed by atoms with Crippen LogP contribution in [0.1, 0.15) is 39.5 Å². The number of hydrogen-bond donors (Lipinski definition) is 0. The summed E-state index contributed by atoms with van der Waals surface area (Å²) in [5.74, 6) is -0.184. The highest BCUT2D eigenvalue weighted by atomic mass is 16.7. The van der Waals surface area contributed by atoms with Crippen molar-refractivity contribution in [1.82, 2.24) is 0 Å². The molecule has 1 aliphatic carbocycles. The van der Waals surface area contributed by atoms with Gasteiger partial charge in [0.2, 0.25) is 0 Å². The largest absolute Gasteiger partial charge is 0.347 e. The summed E-state index contributed by atoms with van der Waals surface area (Å²) in [4.78, 5) is 0. The van der Waals surface area contributed by atoms with E-state index in [1.165, 1.54) is 25.9 Å². The van der Waals surface area contributed by atoms with Crippen LogP contribution < -0.4 is 0 Å². The monoisotopic (exact) mass is 228 g/mol. The average Bonchev–Trinajstić information content (AvgIpc) is 2.90. The maximum absolute atomic E-state index is 6.17. The second kappa shape index (κ2) is 4.63. The summed E-state index contributed by atoms with van der Waals surface area (Å²) < 4.78 is 13.2. The average molecular weight is 228 g/mol. The summed E-state index contributed by atoms with van der Waals surface area (Å²) in [7, 11) is 2.31. The fourth-order valence-corrected chi connectivity index (χ4v) is 2.86. The molecule has 0 aromatic rings. The second-order valence-electron chi connectivity index (χ2n) is 5.60. The van der Waals surface area contributed by atoms with E-state index in [-0.39, 0.29) is 5.79 Å². The highest BCUT2D eigenvalue weighted by Gasteiger charge is 2.45. The lowest BCUT2D eigenvalue weighted by Crippen LogP contribution is -2.49. The van der Waals surface area contributed by atoms with E-state index in [9.17, 15) is 0 Å². The molecule has 1 saturated heterocycles. The summed E-state index contributed by atoms with van der Waals surface area (Å²) in [5.41, 5.74) is 0. The number of ether oxygens (including phenoxy) is 2. The van der Waals surface area contributed by atoms with Crippen molar-refractivity contribution < 1.29 is 14.0 Å². The Labute approximate surface area is 99.3 Å². The molecular weight excluding hydrogens is 202 g/mol. The van der Waals surface area contributed by atoms with Crippen molar-refractivity contribution in [3.05, 3.63) is 0 Å². The molecule has 0 bridgehead atoms. The zero-order chi connectivity index (χ0) is 11.6. The topological polar surface area (TPSA) is 18.5 Å². The van der Waals surface area contributed by atoms with Gasteiger partial charge in [-0.2, -0.15) is 0 Å². The third kappa shape index (κ3) is 2.41. The van der Waals surface area contributed by atoms with Crippen molar-refractivity contribution in [3.8, 4) is 0 Å². The molecule has 3 nitrogen and oxygen atoms in total. The van der Waals surface area contributed by atoms with E-state index in [1.54, 1.807) is 0 Å². The van der Waals surface area contributed by atoms with E-state index in [1.807, 2.05) is 0 Å². The van der Waals surface area contributed by atoms with Gasteiger partial charge < -0.3 is 14.0 Å². The first-order valence-electron chi connectivity index (χ1n) is 6.77. The summed E-state index contributed by atoms with van der Waals surface area (Å²) in [6.45, 7) is 8.74. The Morgan fingerprint density at radius 3 is 2.38 bits per heavy atom. The normalized spacial score (nSPS) is 29.1. The van der Waals surface area contributed by atoms with Gasteiger partial charge in [0.05, 0.1) is 26.7 Å². The van der Waals surface area contributed by atoms with Crippen LogP contribution >= 0.6 is 0 Å². The quantitative estimate of drug-likeness (QED) is 0.687. The van der Waals surface area contributed by atoms with Crippen molar-refractivity contribution in [1.29, 1.82) is 0 Å². The van der Waals surface area contributed by atoms with E-state index in [0.29, 0.717) is 6.10 Å². The van der Waals surface area contributed by atoms with Gasteiger partial charge in [0.15, 0.2) is 5.79 Å². The molecule has 1 aliphatic heterocycles. The predicted octanol–water partition coefficient (Wildman–Crippen LogP) is 2.16. The van der Waals surface area contributed by atoms with E-state index < -0.39 is 0 Å². The van der Waals surface area contributed by atoms with Crippen molar-refractivity contribution in [3.63, 3.8) is 0 Å². The molecule has 0 aromatic carbocycles. The molecule has 0 N–H and O–H groups in total. The molecular formula is C13H26NO2+. The van der Waals surface area contributed by atoms with E-state index in [4.69, 9.17) is 9.47 Å². The van der Waals surface area contributed by atoms with Crippen molar-refractivity contribution in [2.45, 2.75) is 51.4 Å². The van der Waals surface area contributed by atoms with Gasteiger partial charge in [0.1, 0.15) is 12.6 Å². The number of likely N-dealkylation sites (N-methyl/N-ethyl adjacent to an activating group) is 1. The summed E-state index contributed by atoms with van der Waals surface area (Å²) in [6.07, 6.45) is 5.04. The standard InChI is InChI=1S/C13H26NO2/c1-4-14(3,5-2)10-12-11-15-13(16-12)8-6-7-9-13/h12H,4-11H2,1-3H3/q+1. The smallest absolute Gasteiger partial charge is 0.169 e. The van der Waals surface area contributed by atoms with Gasteiger partial charge in [0, 0.05) is 12.8 Å². The molecule has 1 atom stereocenters. The minimum absolute atomic E-state index is 0.184. The molecule has 1 heterocycles. The minimum atomic E-state index is -0.184. The zero-order valence-electron chi connectivity index (χ0n) is 11.0. The highest BCUT2D eigenvalue weighted by molar-refractivity contribution is 4.83.